The standard InChI is InChI=1S/C53H62N20O10/c1-66(2)16-11-14-56-47(76)35-18-30(23-68(35)4)57-48(77)37-20-31(24-70(37)6)58-49(78)38-21-33(26-71(38)7)60-52(81)44-63-40(27-72(44)8)62-42(74)12-10-13-55-46(75)36-19-32(25-69(36)5)59-50(79)39-22-34(29-83-39)61-53(82)45-64-41(28-73(45)9)65-51(80)43-54-15-17-67(43)3/h15,17-29H,10-14,16H2,1-9H3,(H,55,75)(H,56,76)(H,57,77)(H,58,78)(H,59,79)(H,60,81)(H,61,82)(H,62,74)(H,65,80). The Kier molecular flexibility index (Phi) is 17.7. The van der Waals surface area contributed by atoms with Gasteiger partial charge >= 0.3 is 0 Å². The molecule has 0 bridgehead atoms. The maximum Gasteiger partial charge on any atom is 0.292 e. The number of hydrogen-bond donors (Lipinski definition) is 9. The van der Waals surface area contributed by atoms with Crippen LogP contribution < -0.4 is 47.9 Å². The molecule has 8 heterocycles. The van der Waals surface area contributed by atoms with Crippen LogP contribution >= 0.6 is 0 Å². The molecule has 0 fully saturated rings. The van der Waals surface area contributed by atoms with Crippen LogP contribution in [-0.4, -0.2) is 139 Å². The minimum atomic E-state index is -0.667. The summed E-state index contributed by atoms with van der Waals surface area (Å²) in [4.78, 5) is 132. The lowest BCUT2D eigenvalue weighted by Gasteiger charge is -2.10. The molecule has 30 heteroatoms. The van der Waals surface area contributed by atoms with E-state index in [1.165, 1.54) is 84.3 Å². The van der Waals surface area contributed by atoms with Crippen LogP contribution in [0.15, 0.2) is 90.6 Å². The highest BCUT2D eigenvalue weighted by Crippen LogP contribution is 2.23. The number of furan rings is 1. The average molecular weight is 1140 g/mol. The summed E-state index contributed by atoms with van der Waals surface area (Å²) in [6.07, 6.45) is 14.5. The maximum atomic E-state index is 13.4. The van der Waals surface area contributed by atoms with E-state index in [9.17, 15) is 43.2 Å². The molecule has 83 heavy (non-hydrogen) atoms. The highest BCUT2D eigenvalue weighted by atomic mass is 16.3. The van der Waals surface area contributed by atoms with E-state index in [-0.39, 0.29) is 94.3 Å². The maximum absolute atomic E-state index is 13.4. The lowest BCUT2D eigenvalue weighted by Crippen LogP contribution is -2.28. The number of imidazole rings is 3. The van der Waals surface area contributed by atoms with Gasteiger partial charge in [0.05, 0.1) is 28.4 Å². The topological polar surface area (TPSA) is 351 Å². The van der Waals surface area contributed by atoms with Gasteiger partial charge in [0.25, 0.3) is 47.3 Å². The van der Waals surface area contributed by atoms with E-state index < -0.39 is 47.3 Å². The van der Waals surface area contributed by atoms with Gasteiger partial charge < -0.3 is 89.1 Å². The van der Waals surface area contributed by atoms with E-state index in [1.807, 2.05) is 19.0 Å². The summed E-state index contributed by atoms with van der Waals surface area (Å²) in [6.45, 7) is 1.45. The van der Waals surface area contributed by atoms with E-state index in [4.69, 9.17) is 4.42 Å². The quantitative estimate of drug-likeness (QED) is 0.0416. The molecule has 9 N–H and O–H groups in total. The van der Waals surface area contributed by atoms with Crippen molar-refractivity contribution in [2.45, 2.75) is 19.3 Å². The lowest BCUT2D eigenvalue weighted by atomic mass is 10.3. The molecule has 9 amide bonds. The number of hydrogen-bond acceptors (Lipinski definition) is 14. The molecule has 0 radical (unpaired) electrons. The molecular weight excluding hydrogens is 1080 g/mol. The van der Waals surface area contributed by atoms with Crippen molar-refractivity contribution in [1.82, 2.24) is 62.5 Å². The molecule has 8 aromatic heterocycles. The Labute approximate surface area is 473 Å². The van der Waals surface area contributed by atoms with Gasteiger partial charge in [-0.05, 0) is 57.7 Å². The van der Waals surface area contributed by atoms with Gasteiger partial charge in [0, 0.05) is 124 Å². The number of rotatable bonds is 23. The predicted octanol–water partition coefficient (Wildman–Crippen LogP) is 3.18. The first-order chi connectivity index (χ1) is 39.5. The van der Waals surface area contributed by atoms with Crippen LogP contribution in [0.4, 0.5) is 40.1 Å². The van der Waals surface area contributed by atoms with Gasteiger partial charge in [-0.1, -0.05) is 0 Å². The molecule has 0 unspecified atom stereocenters. The molecule has 0 atom stereocenters. The van der Waals surface area contributed by atoms with Crippen molar-refractivity contribution in [3.63, 3.8) is 0 Å². The van der Waals surface area contributed by atoms with Crippen molar-refractivity contribution in [3.8, 4) is 0 Å². The Morgan fingerprint density at radius 3 is 1.34 bits per heavy atom. The molecule has 0 aliphatic carbocycles. The van der Waals surface area contributed by atoms with Gasteiger partial charge in [-0.2, -0.15) is 0 Å². The normalized spacial score (nSPS) is 11.1. The number of aryl methyl sites for hydroxylation is 7. The van der Waals surface area contributed by atoms with E-state index in [0.717, 1.165) is 13.0 Å². The smallest absolute Gasteiger partial charge is 0.292 e. The highest BCUT2D eigenvalue weighted by Gasteiger charge is 2.24. The van der Waals surface area contributed by atoms with Crippen LogP contribution in [0.1, 0.15) is 104 Å². The molecule has 0 aliphatic heterocycles. The number of anilines is 7. The molecule has 8 rings (SSSR count). The fourth-order valence-corrected chi connectivity index (χ4v) is 8.58. The number of carbonyl (C=O) groups excluding carboxylic acids is 9. The third-order valence-corrected chi connectivity index (χ3v) is 12.7. The van der Waals surface area contributed by atoms with Crippen molar-refractivity contribution < 1.29 is 47.6 Å². The molecule has 0 saturated carbocycles. The minimum absolute atomic E-state index is 0.00788. The molecular formula is C53H62N20O10. The predicted molar refractivity (Wildman–Crippen MR) is 303 cm³/mol. The number of aromatic nitrogens is 10. The van der Waals surface area contributed by atoms with Crippen molar-refractivity contribution in [3.05, 3.63) is 132 Å². The van der Waals surface area contributed by atoms with E-state index in [1.54, 1.807) is 83.1 Å². The SMILES string of the molecule is CN(C)CCCNC(=O)c1cc(NC(=O)c2cc(NC(=O)c3cc(NC(=O)c4nc(NC(=O)CCCNC(=O)c5cc(NC(=O)c6cc(NC(=O)c7nc(NC(=O)c8nccn8C)cn7C)co6)cn5C)cn4C)cn3C)cn2C)cn1C. The van der Waals surface area contributed by atoms with Gasteiger partial charge in [-0.3, -0.25) is 43.2 Å². The van der Waals surface area contributed by atoms with Crippen molar-refractivity contribution in [2.75, 3.05) is 70.9 Å². The third kappa shape index (κ3) is 14.3. The summed E-state index contributed by atoms with van der Waals surface area (Å²) < 4.78 is 15.9. The Hall–Kier alpha value is -10.8. The third-order valence-electron chi connectivity index (χ3n) is 12.7. The molecule has 0 saturated heterocycles. The summed E-state index contributed by atoms with van der Waals surface area (Å²) in [5.74, 6) is -4.44. The van der Waals surface area contributed by atoms with Gasteiger partial charge in [-0.25, -0.2) is 15.0 Å². The van der Waals surface area contributed by atoms with Crippen molar-refractivity contribution in [2.24, 2.45) is 49.3 Å². The van der Waals surface area contributed by atoms with E-state index >= 15 is 0 Å². The monoisotopic (exact) mass is 1140 g/mol. The van der Waals surface area contributed by atoms with Crippen LogP contribution in [0, 0.1) is 0 Å². The zero-order valence-electron chi connectivity index (χ0n) is 46.8. The molecule has 0 aromatic carbocycles. The second-order valence-electron chi connectivity index (χ2n) is 19.6. The summed E-state index contributed by atoms with van der Waals surface area (Å²) in [7, 11) is 15.3. The first kappa shape index (κ1) is 58.4. The number of nitrogens with zero attached hydrogens (tertiary/aromatic N) is 11. The first-order valence-electron chi connectivity index (χ1n) is 25.7. The summed E-state index contributed by atoms with van der Waals surface area (Å²) in [6, 6.07) is 7.32. The van der Waals surface area contributed by atoms with E-state index in [2.05, 4.69) is 62.8 Å². The summed E-state index contributed by atoms with van der Waals surface area (Å²) in [5, 5.41) is 24.4. The van der Waals surface area contributed by atoms with Crippen LogP contribution in [0.2, 0.25) is 0 Å². The fraction of sp³-hybridized carbons (Fsp3) is 0.283. The second kappa shape index (κ2) is 25.1. The first-order valence-corrected chi connectivity index (χ1v) is 25.7. The molecule has 0 aliphatic rings. The van der Waals surface area contributed by atoms with Crippen LogP contribution in [0.25, 0.3) is 0 Å². The molecule has 30 nitrogen and oxygen atoms in total. The largest absolute Gasteiger partial charge is 0.457 e. The van der Waals surface area contributed by atoms with Crippen molar-refractivity contribution in [1.29, 1.82) is 0 Å². The average Bonchev–Trinajstić information content (AvgIpc) is 4.49. The van der Waals surface area contributed by atoms with Gasteiger partial charge in [0.15, 0.2) is 23.2 Å². The lowest BCUT2D eigenvalue weighted by molar-refractivity contribution is -0.116. The Morgan fingerprint density at radius 1 is 0.446 bits per heavy atom. The molecule has 0 spiro atoms. The van der Waals surface area contributed by atoms with Gasteiger partial charge in [0.2, 0.25) is 17.6 Å². The second-order valence-corrected chi connectivity index (χ2v) is 19.6. The summed E-state index contributed by atoms with van der Waals surface area (Å²) >= 11 is 0. The summed E-state index contributed by atoms with van der Waals surface area (Å²) in [5.41, 5.74) is 2.47. The van der Waals surface area contributed by atoms with Crippen LogP contribution in [0.5, 0.6) is 0 Å². The fourth-order valence-electron chi connectivity index (χ4n) is 8.58. The Bertz CT molecular complexity index is 3800. The minimum Gasteiger partial charge on any atom is -0.457 e. The van der Waals surface area contributed by atoms with Gasteiger partial charge in [-0.15, -0.1) is 0 Å². The van der Waals surface area contributed by atoms with Crippen molar-refractivity contribution >= 4 is 93.2 Å². The Balaban J connectivity index is 0.751. The van der Waals surface area contributed by atoms with Gasteiger partial charge in [0.1, 0.15) is 29.0 Å². The van der Waals surface area contributed by atoms with Crippen LogP contribution in [-0.2, 0) is 54.1 Å². The van der Waals surface area contributed by atoms with Crippen LogP contribution in [0.3, 0.4) is 0 Å². The zero-order valence-corrected chi connectivity index (χ0v) is 46.8. The Morgan fingerprint density at radius 2 is 0.867 bits per heavy atom. The molecule has 434 valence electrons. The number of amides is 9. The number of carbonyl (C=O) groups is 9. The number of nitrogens with one attached hydrogen (secondary N) is 9. The molecule has 8 aromatic rings. The van der Waals surface area contributed by atoms with E-state index in [0.29, 0.717) is 23.6 Å². The zero-order chi connectivity index (χ0) is 59.8. The highest BCUT2D eigenvalue weighted by molar-refractivity contribution is 6.09.